The molecule has 0 saturated carbocycles. The molecule has 1 amide bonds. The average molecular weight is 313 g/mol. The summed E-state index contributed by atoms with van der Waals surface area (Å²) in [4.78, 5) is 14.2. The third-order valence-corrected chi connectivity index (χ3v) is 3.84. The van der Waals surface area contributed by atoms with E-state index in [2.05, 4.69) is 5.32 Å². The zero-order valence-electron chi connectivity index (χ0n) is 12.8. The Bertz CT molecular complexity index is 430. The van der Waals surface area contributed by atoms with Crippen molar-refractivity contribution in [2.24, 2.45) is 0 Å². The minimum Gasteiger partial charge on any atom is -0.494 e. The van der Waals surface area contributed by atoms with Crippen molar-refractivity contribution < 1.29 is 9.53 Å². The molecule has 2 rings (SSSR count). The Labute approximate surface area is 133 Å². The summed E-state index contributed by atoms with van der Waals surface area (Å²) in [7, 11) is 1.92. The topological polar surface area (TPSA) is 41.6 Å². The van der Waals surface area contributed by atoms with Gasteiger partial charge in [-0.1, -0.05) is 12.1 Å². The summed E-state index contributed by atoms with van der Waals surface area (Å²) in [5.74, 6) is 1.05. The van der Waals surface area contributed by atoms with Crippen molar-refractivity contribution in [3.8, 4) is 5.75 Å². The van der Waals surface area contributed by atoms with Crippen molar-refractivity contribution in [1.82, 2.24) is 10.2 Å². The van der Waals surface area contributed by atoms with Crippen molar-refractivity contribution in [3.63, 3.8) is 0 Å². The summed E-state index contributed by atoms with van der Waals surface area (Å²) < 4.78 is 5.41. The van der Waals surface area contributed by atoms with Crippen LogP contribution in [0.3, 0.4) is 0 Å². The molecule has 4 nitrogen and oxygen atoms in total. The van der Waals surface area contributed by atoms with E-state index in [-0.39, 0.29) is 18.3 Å². The molecule has 1 N–H and O–H groups in total. The highest BCUT2D eigenvalue weighted by molar-refractivity contribution is 5.85. The van der Waals surface area contributed by atoms with Crippen LogP contribution in [0.5, 0.6) is 5.75 Å². The lowest BCUT2D eigenvalue weighted by atomic mass is 10.0. The zero-order valence-corrected chi connectivity index (χ0v) is 13.6. The maximum absolute atomic E-state index is 12.3. The highest BCUT2D eigenvalue weighted by Crippen LogP contribution is 2.15. The summed E-state index contributed by atoms with van der Waals surface area (Å²) in [6.07, 6.45) is 2.56. The zero-order chi connectivity index (χ0) is 14.4. The first-order valence-corrected chi connectivity index (χ1v) is 7.39. The van der Waals surface area contributed by atoms with Crippen LogP contribution in [0.1, 0.15) is 25.3 Å². The van der Waals surface area contributed by atoms with Crippen LogP contribution in [0.2, 0.25) is 0 Å². The van der Waals surface area contributed by atoms with Crippen LogP contribution in [-0.2, 0) is 11.2 Å². The lowest BCUT2D eigenvalue weighted by Crippen LogP contribution is -2.44. The second kappa shape index (κ2) is 8.90. The van der Waals surface area contributed by atoms with Crippen molar-refractivity contribution in [2.75, 3.05) is 26.7 Å². The van der Waals surface area contributed by atoms with Gasteiger partial charge in [0.15, 0.2) is 0 Å². The van der Waals surface area contributed by atoms with E-state index in [0.29, 0.717) is 19.1 Å². The van der Waals surface area contributed by atoms with Crippen LogP contribution >= 0.6 is 12.4 Å². The molecule has 0 spiro atoms. The Morgan fingerprint density at radius 2 is 1.90 bits per heavy atom. The van der Waals surface area contributed by atoms with Gasteiger partial charge in [0.2, 0.25) is 5.91 Å². The number of halogens is 1. The van der Waals surface area contributed by atoms with Gasteiger partial charge in [-0.15, -0.1) is 12.4 Å². The molecular formula is C16H25ClN2O2. The fourth-order valence-electron chi connectivity index (χ4n) is 2.57. The number of hydrogen-bond donors (Lipinski definition) is 1. The van der Waals surface area contributed by atoms with Crippen molar-refractivity contribution in [1.29, 1.82) is 0 Å². The molecule has 0 unspecified atom stereocenters. The lowest BCUT2D eigenvalue weighted by molar-refractivity contribution is -0.131. The summed E-state index contributed by atoms with van der Waals surface area (Å²) in [5, 5.41) is 3.32. The third-order valence-electron chi connectivity index (χ3n) is 3.84. The first kappa shape index (κ1) is 17.8. The summed E-state index contributed by atoms with van der Waals surface area (Å²) in [5.41, 5.74) is 1.04. The van der Waals surface area contributed by atoms with Crippen LogP contribution in [0, 0.1) is 0 Å². The molecule has 0 radical (unpaired) electrons. The Hall–Kier alpha value is -1.26. The van der Waals surface area contributed by atoms with E-state index < -0.39 is 0 Å². The first-order chi connectivity index (χ1) is 9.70. The van der Waals surface area contributed by atoms with Crippen LogP contribution in [0.4, 0.5) is 0 Å². The minimum absolute atomic E-state index is 0. The molecule has 1 heterocycles. The monoisotopic (exact) mass is 312 g/mol. The highest BCUT2D eigenvalue weighted by atomic mass is 35.5. The molecule has 1 saturated heterocycles. The number of nitrogens with one attached hydrogen (secondary N) is 1. The Balaban J connectivity index is 0.00000220. The lowest BCUT2D eigenvalue weighted by Gasteiger charge is -2.31. The predicted molar refractivity (Wildman–Crippen MR) is 87.2 cm³/mol. The average Bonchev–Trinajstić information content (AvgIpc) is 2.49. The summed E-state index contributed by atoms with van der Waals surface area (Å²) in [6.45, 7) is 4.64. The largest absolute Gasteiger partial charge is 0.494 e. The van der Waals surface area contributed by atoms with Gasteiger partial charge in [0.25, 0.3) is 0 Å². The molecule has 0 bridgehead atoms. The van der Waals surface area contributed by atoms with Gasteiger partial charge in [0.1, 0.15) is 5.75 Å². The first-order valence-electron chi connectivity index (χ1n) is 7.39. The van der Waals surface area contributed by atoms with E-state index in [1.807, 2.05) is 43.1 Å². The number of amides is 1. The third kappa shape index (κ3) is 5.21. The standard InChI is InChI=1S/C16H24N2O2.ClH/c1-3-20-15-6-4-13(5-7-15)12-16(19)18(2)14-8-10-17-11-9-14;/h4-7,14,17H,3,8-12H2,1-2H3;1H. The Kier molecular flexibility index (Phi) is 7.54. The second-order valence-corrected chi connectivity index (χ2v) is 5.24. The van der Waals surface area contributed by atoms with Gasteiger partial charge in [-0.3, -0.25) is 4.79 Å². The van der Waals surface area contributed by atoms with Gasteiger partial charge in [-0.05, 0) is 50.6 Å². The van der Waals surface area contributed by atoms with Gasteiger partial charge < -0.3 is 15.0 Å². The number of hydrogen-bond acceptors (Lipinski definition) is 3. The number of piperidine rings is 1. The smallest absolute Gasteiger partial charge is 0.226 e. The van der Waals surface area contributed by atoms with Crippen molar-refractivity contribution >= 4 is 18.3 Å². The normalized spacial score (nSPS) is 15.1. The van der Waals surface area contributed by atoms with Gasteiger partial charge in [-0.25, -0.2) is 0 Å². The van der Waals surface area contributed by atoms with E-state index in [9.17, 15) is 4.79 Å². The van der Waals surface area contributed by atoms with Gasteiger partial charge in [-0.2, -0.15) is 0 Å². The number of carbonyl (C=O) groups is 1. The molecule has 5 heteroatoms. The molecule has 1 aromatic carbocycles. The van der Waals surface area contributed by atoms with Crippen LogP contribution in [-0.4, -0.2) is 43.6 Å². The molecular weight excluding hydrogens is 288 g/mol. The second-order valence-electron chi connectivity index (χ2n) is 5.24. The fourth-order valence-corrected chi connectivity index (χ4v) is 2.57. The molecule has 0 atom stereocenters. The molecule has 118 valence electrons. The van der Waals surface area contributed by atoms with Crippen molar-refractivity contribution in [3.05, 3.63) is 29.8 Å². The number of likely N-dealkylation sites (N-methyl/N-ethyl adjacent to an activating group) is 1. The Morgan fingerprint density at radius 3 is 2.48 bits per heavy atom. The molecule has 1 fully saturated rings. The maximum atomic E-state index is 12.3. The van der Waals surface area contributed by atoms with Gasteiger partial charge in [0, 0.05) is 13.1 Å². The maximum Gasteiger partial charge on any atom is 0.226 e. The molecule has 1 aliphatic rings. The van der Waals surface area contributed by atoms with Crippen molar-refractivity contribution in [2.45, 2.75) is 32.2 Å². The molecule has 1 aliphatic heterocycles. The quantitative estimate of drug-likeness (QED) is 0.907. The van der Waals surface area contributed by atoms with Crippen LogP contribution in [0.15, 0.2) is 24.3 Å². The SMILES string of the molecule is CCOc1ccc(CC(=O)N(C)C2CCNCC2)cc1.Cl. The number of carbonyl (C=O) groups excluding carboxylic acids is 1. The van der Waals surface area contributed by atoms with Gasteiger partial charge >= 0.3 is 0 Å². The van der Waals surface area contributed by atoms with E-state index in [0.717, 1.165) is 37.2 Å². The van der Waals surface area contributed by atoms with E-state index in [4.69, 9.17) is 4.74 Å². The molecule has 0 aromatic heterocycles. The molecule has 0 aliphatic carbocycles. The highest BCUT2D eigenvalue weighted by Gasteiger charge is 2.21. The number of nitrogens with zero attached hydrogens (tertiary/aromatic N) is 1. The van der Waals surface area contributed by atoms with E-state index in [1.165, 1.54) is 0 Å². The number of rotatable bonds is 5. The summed E-state index contributed by atoms with van der Waals surface area (Å²) in [6, 6.07) is 8.18. The van der Waals surface area contributed by atoms with Gasteiger partial charge in [0.05, 0.1) is 13.0 Å². The predicted octanol–water partition coefficient (Wildman–Crippen LogP) is 2.26. The molecule has 21 heavy (non-hydrogen) atoms. The molecule has 1 aromatic rings. The fraction of sp³-hybridized carbons (Fsp3) is 0.562. The minimum atomic E-state index is 0. The summed E-state index contributed by atoms with van der Waals surface area (Å²) >= 11 is 0. The van der Waals surface area contributed by atoms with Crippen LogP contribution in [0.25, 0.3) is 0 Å². The Morgan fingerprint density at radius 1 is 1.29 bits per heavy atom. The number of benzene rings is 1. The van der Waals surface area contributed by atoms with E-state index in [1.54, 1.807) is 0 Å². The van der Waals surface area contributed by atoms with E-state index >= 15 is 0 Å². The number of ether oxygens (including phenoxy) is 1. The van der Waals surface area contributed by atoms with Crippen LogP contribution < -0.4 is 10.1 Å².